The molecule has 1 aromatic rings. The largest absolute Gasteiger partial charge is 0.427 e. The van der Waals surface area contributed by atoms with Crippen LogP contribution in [-0.2, 0) is 22.0 Å². The lowest BCUT2D eigenvalue weighted by atomic mass is 9.80. The number of benzene rings is 1. The van der Waals surface area contributed by atoms with E-state index in [1.165, 1.54) is 5.56 Å². The molecule has 0 unspecified atom stereocenters. The zero-order valence-corrected chi connectivity index (χ0v) is 16.3. The minimum absolute atomic E-state index is 0.629. The zero-order valence-electron chi connectivity index (χ0n) is 15.5. The Labute approximate surface area is 149 Å². The third kappa shape index (κ3) is 5.15. The van der Waals surface area contributed by atoms with E-state index in [-0.39, 0.29) is 0 Å². The highest BCUT2D eigenvalue weighted by molar-refractivity contribution is 7.85. The van der Waals surface area contributed by atoms with Crippen LogP contribution >= 0.6 is 0 Å². The van der Waals surface area contributed by atoms with Gasteiger partial charge < -0.3 is 9.76 Å². The molecule has 1 radical (unpaired) electrons. The fourth-order valence-corrected chi connectivity index (χ4v) is 3.54. The Morgan fingerprint density at radius 3 is 2.42 bits per heavy atom. The molecule has 0 aliphatic carbocycles. The molecule has 1 aliphatic heterocycles. The molecule has 0 spiro atoms. The molecule has 0 saturated carbocycles. The van der Waals surface area contributed by atoms with Gasteiger partial charge in [-0.15, -0.1) is 0 Å². The summed E-state index contributed by atoms with van der Waals surface area (Å²) in [7, 11) is 1.11. The first-order valence-electron chi connectivity index (χ1n) is 8.49. The van der Waals surface area contributed by atoms with Gasteiger partial charge in [0.1, 0.15) is 0 Å². The molecule has 1 N–H and O–H groups in total. The van der Waals surface area contributed by atoms with Crippen molar-refractivity contribution in [3.05, 3.63) is 29.3 Å². The summed E-state index contributed by atoms with van der Waals surface area (Å²) in [6, 6.07) is 6.36. The Morgan fingerprint density at radius 2 is 1.88 bits per heavy atom. The summed E-state index contributed by atoms with van der Waals surface area (Å²) in [5.74, 6) is 1.56. The average Bonchev–Trinajstić information content (AvgIpc) is 2.47. The van der Waals surface area contributed by atoms with E-state index in [1.54, 1.807) is 21.3 Å². The van der Waals surface area contributed by atoms with Crippen LogP contribution in [0, 0.1) is 6.92 Å². The minimum atomic E-state index is -0.925. The van der Waals surface area contributed by atoms with E-state index in [2.05, 4.69) is 30.0 Å². The van der Waals surface area contributed by atoms with Crippen molar-refractivity contribution in [1.82, 2.24) is 4.90 Å². The first-order chi connectivity index (χ1) is 11.1. The highest BCUT2D eigenvalue weighted by Crippen LogP contribution is 2.24. The molecule has 0 bridgehead atoms. The van der Waals surface area contributed by atoms with E-state index in [4.69, 9.17) is 4.65 Å². The average molecular weight is 350 g/mol. The summed E-state index contributed by atoms with van der Waals surface area (Å²) in [6.07, 6.45) is 0. The standard InChI is InChI=1S/C18H29BNO3S/c1-14-12-15(13-20-8-10-24(22)11-9-20)6-7-16(14)19-23-18(4,5)17(2,3)21/h6-7,12,21H,8-11,13H2,1-5H3. The Hall–Kier alpha value is -0.685. The van der Waals surface area contributed by atoms with Crippen molar-refractivity contribution in [2.24, 2.45) is 0 Å². The van der Waals surface area contributed by atoms with Crippen molar-refractivity contribution < 1.29 is 14.0 Å². The van der Waals surface area contributed by atoms with E-state index in [0.717, 1.165) is 42.2 Å². The van der Waals surface area contributed by atoms with Crippen molar-refractivity contribution in [2.75, 3.05) is 24.6 Å². The summed E-state index contributed by atoms with van der Waals surface area (Å²) in [6.45, 7) is 12.0. The molecule has 133 valence electrons. The van der Waals surface area contributed by atoms with Gasteiger partial charge in [0.25, 0.3) is 0 Å². The zero-order chi connectivity index (χ0) is 18.0. The van der Waals surface area contributed by atoms with Crippen molar-refractivity contribution in [3.63, 3.8) is 0 Å². The van der Waals surface area contributed by atoms with Crippen molar-refractivity contribution in [2.45, 2.75) is 52.4 Å². The van der Waals surface area contributed by atoms with Crippen molar-refractivity contribution in [3.8, 4) is 0 Å². The van der Waals surface area contributed by atoms with E-state index < -0.39 is 22.0 Å². The Bertz CT molecular complexity index is 588. The predicted octanol–water partition coefficient (Wildman–Crippen LogP) is 1.37. The monoisotopic (exact) mass is 350 g/mol. The van der Waals surface area contributed by atoms with Gasteiger partial charge in [0.15, 0.2) is 0 Å². The van der Waals surface area contributed by atoms with Crippen LogP contribution in [0.4, 0.5) is 0 Å². The fraction of sp³-hybridized carbons (Fsp3) is 0.667. The molecular weight excluding hydrogens is 321 g/mol. The Kier molecular flexibility index (Phi) is 6.29. The lowest BCUT2D eigenvalue weighted by molar-refractivity contribution is -0.0893. The number of aryl methyl sites for hydroxylation is 1. The van der Waals surface area contributed by atoms with Crippen LogP contribution in [0.5, 0.6) is 0 Å². The molecular formula is C18H29BNO3S. The smallest absolute Gasteiger partial charge is 0.331 e. The predicted molar refractivity (Wildman–Crippen MR) is 101 cm³/mol. The quantitative estimate of drug-likeness (QED) is 0.788. The minimum Gasteiger partial charge on any atom is -0.427 e. The van der Waals surface area contributed by atoms with Crippen LogP contribution in [0.1, 0.15) is 38.8 Å². The summed E-state index contributed by atoms with van der Waals surface area (Å²) >= 11 is 0. The van der Waals surface area contributed by atoms with Gasteiger partial charge in [-0.1, -0.05) is 29.2 Å². The highest BCUT2D eigenvalue weighted by atomic mass is 32.2. The molecule has 0 aromatic heterocycles. The molecule has 1 saturated heterocycles. The number of rotatable bonds is 6. The Morgan fingerprint density at radius 1 is 1.25 bits per heavy atom. The molecule has 2 rings (SSSR count). The van der Waals surface area contributed by atoms with Gasteiger partial charge in [0.05, 0.1) is 11.2 Å². The second-order valence-electron chi connectivity index (χ2n) is 7.62. The molecule has 24 heavy (non-hydrogen) atoms. The molecule has 1 heterocycles. The maximum atomic E-state index is 11.4. The second-order valence-corrected chi connectivity index (χ2v) is 9.32. The maximum Gasteiger partial charge on any atom is 0.331 e. The number of hydrogen-bond donors (Lipinski definition) is 1. The van der Waals surface area contributed by atoms with Gasteiger partial charge in [-0.25, -0.2) is 0 Å². The van der Waals surface area contributed by atoms with Gasteiger partial charge in [0, 0.05) is 41.9 Å². The number of hydrogen-bond acceptors (Lipinski definition) is 4. The van der Waals surface area contributed by atoms with Gasteiger partial charge in [-0.3, -0.25) is 9.11 Å². The van der Waals surface area contributed by atoms with Gasteiger partial charge in [0.2, 0.25) is 0 Å². The first-order valence-corrected chi connectivity index (χ1v) is 9.97. The summed E-state index contributed by atoms with van der Waals surface area (Å²) in [5.41, 5.74) is 1.85. The SMILES string of the molecule is Cc1cc(CN2CCS(=O)CC2)ccc1[B]OC(C)(C)C(C)(C)O. The summed E-state index contributed by atoms with van der Waals surface area (Å²) < 4.78 is 17.3. The molecule has 1 aliphatic rings. The highest BCUT2D eigenvalue weighted by Gasteiger charge is 2.35. The van der Waals surface area contributed by atoms with Crippen LogP contribution in [-0.4, -0.2) is 57.5 Å². The molecule has 0 atom stereocenters. The summed E-state index contributed by atoms with van der Waals surface area (Å²) in [5, 5.41) is 10.2. The van der Waals surface area contributed by atoms with E-state index in [0.29, 0.717) is 0 Å². The third-order valence-corrected chi connectivity index (χ3v) is 6.24. The first kappa shape index (κ1) is 19.6. The van der Waals surface area contributed by atoms with Crippen LogP contribution in [0.25, 0.3) is 0 Å². The van der Waals surface area contributed by atoms with Crippen molar-refractivity contribution >= 4 is 23.7 Å². The van der Waals surface area contributed by atoms with Crippen LogP contribution in [0.3, 0.4) is 0 Å². The topological polar surface area (TPSA) is 49.8 Å². The van der Waals surface area contributed by atoms with Gasteiger partial charge in [-0.05, 0) is 40.2 Å². The molecule has 1 aromatic carbocycles. The van der Waals surface area contributed by atoms with E-state index in [9.17, 15) is 9.32 Å². The third-order valence-electron chi connectivity index (χ3n) is 4.96. The molecule has 6 heteroatoms. The molecule has 0 amide bonds. The number of nitrogens with zero attached hydrogens (tertiary/aromatic N) is 1. The lowest BCUT2D eigenvalue weighted by Gasteiger charge is -2.37. The maximum absolute atomic E-state index is 11.4. The van der Waals surface area contributed by atoms with Gasteiger partial charge >= 0.3 is 7.48 Å². The summed E-state index contributed by atoms with van der Waals surface area (Å²) in [4.78, 5) is 2.35. The van der Waals surface area contributed by atoms with Crippen molar-refractivity contribution in [1.29, 1.82) is 0 Å². The molecule has 4 nitrogen and oxygen atoms in total. The van der Waals surface area contributed by atoms with Gasteiger partial charge in [-0.2, -0.15) is 0 Å². The van der Waals surface area contributed by atoms with Crippen LogP contribution < -0.4 is 5.46 Å². The van der Waals surface area contributed by atoms with E-state index in [1.807, 2.05) is 13.8 Å². The van der Waals surface area contributed by atoms with Crippen LogP contribution in [0.2, 0.25) is 0 Å². The second kappa shape index (κ2) is 7.69. The molecule has 1 fully saturated rings. The Balaban J connectivity index is 1.96. The fourth-order valence-electron chi connectivity index (χ4n) is 2.42. The normalized spacial score (nSPS) is 17.9. The lowest BCUT2D eigenvalue weighted by Crippen LogP contribution is -2.49. The van der Waals surface area contributed by atoms with Crippen LogP contribution in [0.15, 0.2) is 18.2 Å². The number of aliphatic hydroxyl groups is 1. The van der Waals surface area contributed by atoms with E-state index >= 15 is 0 Å².